The van der Waals surface area contributed by atoms with E-state index in [9.17, 15) is 5.21 Å². The number of anilines is 1. The molecule has 0 saturated heterocycles. The molecule has 6 nitrogen and oxygen atoms in total. The smallest absolute Gasteiger partial charge is 0.304 e. The van der Waals surface area contributed by atoms with Gasteiger partial charge in [-0.1, -0.05) is 60.7 Å². The van der Waals surface area contributed by atoms with Gasteiger partial charge in [-0.2, -0.15) is 4.73 Å². The van der Waals surface area contributed by atoms with Gasteiger partial charge in [0.15, 0.2) is 5.82 Å². The quantitative estimate of drug-likeness (QED) is 0.453. The van der Waals surface area contributed by atoms with Crippen molar-refractivity contribution < 1.29 is 4.73 Å². The summed E-state index contributed by atoms with van der Waals surface area (Å²) in [5.41, 5.74) is 8.61. The Balaban J connectivity index is 1.96. The lowest BCUT2D eigenvalue weighted by Crippen LogP contribution is -2.29. The lowest BCUT2D eigenvalue weighted by molar-refractivity contribution is -0.576. The van der Waals surface area contributed by atoms with Crippen LogP contribution < -0.4 is 10.5 Å². The van der Waals surface area contributed by atoms with Gasteiger partial charge in [0.05, 0.1) is 0 Å². The predicted octanol–water partition coefficient (Wildman–Crippen LogP) is 2.57. The molecule has 0 atom stereocenters. The average molecular weight is 315 g/mol. The summed E-state index contributed by atoms with van der Waals surface area (Å²) >= 11 is 0. The van der Waals surface area contributed by atoms with E-state index in [4.69, 9.17) is 5.73 Å². The lowest BCUT2D eigenvalue weighted by Gasteiger charge is -2.07. The van der Waals surface area contributed by atoms with Crippen LogP contribution in [0.5, 0.6) is 0 Å². The number of aromatic nitrogens is 4. The van der Waals surface area contributed by atoms with Crippen molar-refractivity contribution in [3.05, 3.63) is 72.1 Å². The Morgan fingerprint density at radius 1 is 0.792 bits per heavy atom. The maximum absolute atomic E-state index is 12.4. The normalized spacial score (nSPS) is 10.8. The first-order valence-electron chi connectivity index (χ1n) is 7.40. The Bertz CT molecular complexity index is 939. The third-order valence-electron chi connectivity index (χ3n) is 3.68. The molecule has 24 heavy (non-hydrogen) atoms. The molecule has 6 heteroatoms. The molecule has 0 saturated carbocycles. The second kappa shape index (κ2) is 5.58. The van der Waals surface area contributed by atoms with Crippen molar-refractivity contribution in [2.24, 2.45) is 0 Å². The Morgan fingerprint density at radius 2 is 1.42 bits per heavy atom. The van der Waals surface area contributed by atoms with Crippen molar-refractivity contribution in [3.8, 4) is 22.6 Å². The number of fused-ring (bicyclic) bond motifs is 1. The van der Waals surface area contributed by atoms with Crippen molar-refractivity contribution in [3.63, 3.8) is 0 Å². The summed E-state index contributed by atoms with van der Waals surface area (Å²) in [6.07, 6.45) is 1.39. The van der Waals surface area contributed by atoms with E-state index in [2.05, 4.69) is 15.0 Å². The number of nitrogens with zero attached hydrogens (tertiary/aromatic N) is 4. The second-order valence-corrected chi connectivity index (χ2v) is 5.29. The Kier molecular flexibility index (Phi) is 3.28. The zero-order valence-electron chi connectivity index (χ0n) is 12.6. The highest BCUT2D eigenvalue weighted by Crippen LogP contribution is 2.22. The lowest BCUT2D eigenvalue weighted by atomic mass is 10.1. The van der Waals surface area contributed by atoms with Crippen molar-refractivity contribution in [1.82, 2.24) is 15.0 Å². The fraction of sp³-hybridized carbons (Fsp3) is 0. The van der Waals surface area contributed by atoms with Crippen LogP contribution in [0.3, 0.4) is 0 Å². The average Bonchev–Trinajstić information content (AvgIpc) is 2.62. The van der Waals surface area contributed by atoms with Crippen LogP contribution >= 0.6 is 0 Å². The summed E-state index contributed by atoms with van der Waals surface area (Å²) < 4.78 is 0.675. The summed E-state index contributed by atoms with van der Waals surface area (Å²) in [6, 6.07) is 18.9. The Morgan fingerprint density at radius 3 is 2.08 bits per heavy atom. The number of hydrogen-bond donors (Lipinski definition) is 1. The molecule has 0 spiro atoms. The number of benzene rings is 2. The molecular formula is C18H13N5O. The van der Waals surface area contributed by atoms with Gasteiger partial charge in [-0.15, -0.1) is 0 Å². The maximum atomic E-state index is 12.4. The van der Waals surface area contributed by atoms with E-state index in [1.165, 1.54) is 6.20 Å². The van der Waals surface area contributed by atoms with Gasteiger partial charge in [0.2, 0.25) is 17.7 Å². The van der Waals surface area contributed by atoms with Gasteiger partial charge < -0.3 is 10.9 Å². The molecule has 0 aliphatic carbocycles. The number of rotatable bonds is 2. The van der Waals surface area contributed by atoms with Gasteiger partial charge in [-0.3, -0.25) is 0 Å². The first kappa shape index (κ1) is 14.1. The molecule has 0 amide bonds. The monoisotopic (exact) mass is 315 g/mol. The minimum Gasteiger partial charge on any atom is -0.618 e. The largest absolute Gasteiger partial charge is 0.618 e. The molecular weight excluding hydrogens is 302 g/mol. The molecule has 0 bridgehead atoms. The highest BCUT2D eigenvalue weighted by atomic mass is 16.5. The molecule has 4 aromatic rings. The molecule has 2 aromatic heterocycles. The van der Waals surface area contributed by atoms with Gasteiger partial charge in [-0.25, -0.2) is 15.0 Å². The number of hydrogen-bond acceptors (Lipinski definition) is 5. The molecule has 0 aliphatic rings. The fourth-order valence-corrected chi connectivity index (χ4v) is 2.53. The van der Waals surface area contributed by atoms with Crippen LogP contribution in [0.2, 0.25) is 0 Å². The molecule has 2 N–H and O–H groups in total. The summed E-state index contributed by atoms with van der Waals surface area (Å²) in [6.45, 7) is 0. The Hall–Kier alpha value is -3.54. The molecule has 116 valence electrons. The van der Waals surface area contributed by atoms with E-state index in [-0.39, 0.29) is 17.0 Å². The number of nitrogens with two attached hydrogens (primary N) is 1. The van der Waals surface area contributed by atoms with Crippen molar-refractivity contribution in [2.75, 3.05) is 5.73 Å². The SMILES string of the molecule is Nc1nc(-c2ccccc2)nc2nc(-c3ccccc3)c[n+]([O-])c12. The zero-order valence-corrected chi connectivity index (χ0v) is 12.6. The van der Waals surface area contributed by atoms with E-state index in [0.29, 0.717) is 16.2 Å². The van der Waals surface area contributed by atoms with E-state index in [0.717, 1.165) is 11.1 Å². The third-order valence-corrected chi connectivity index (χ3v) is 3.68. The van der Waals surface area contributed by atoms with Crippen LogP contribution in [0.1, 0.15) is 0 Å². The summed E-state index contributed by atoms with van der Waals surface area (Å²) in [7, 11) is 0. The van der Waals surface area contributed by atoms with Crippen LogP contribution in [0.4, 0.5) is 5.82 Å². The highest BCUT2D eigenvalue weighted by Gasteiger charge is 2.18. The van der Waals surface area contributed by atoms with Gasteiger partial charge in [0.25, 0.3) is 0 Å². The van der Waals surface area contributed by atoms with E-state index in [1.807, 2.05) is 60.7 Å². The van der Waals surface area contributed by atoms with Crippen LogP contribution in [-0.4, -0.2) is 15.0 Å². The van der Waals surface area contributed by atoms with Gasteiger partial charge in [-0.05, 0) is 0 Å². The van der Waals surface area contributed by atoms with Crippen LogP contribution in [0.15, 0.2) is 66.9 Å². The minimum atomic E-state index is 0.112. The molecule has 4 rings (SSSR count). The van der Waals surface area contributed by atoms with Crippen LogP contribution in [-0.2, 0) is 0 Å². The number of nitrogen functional groups attached to an aromatic ring is 1. The van der Waals surface area contributed by atoms with Crippen LogP contribution in [0.25, 0.3) is 33.8 Å². The minimum absolute atomic E-state index is 0.112. The second-order valence-electron chi connectivity index (χ2n) is 5.29. The van der Waals surface area contributed by atoms with Gasteiger partial charge >= 0.3 is 5.52 Å². The van der Waals surface area contributed by atoms with E-state index >= 15 is 0 Å². The third kappa shape index (κ3) is 2.40. The van der Waals surface area contributed by atoms with Crippen molar-refractivity contribution in [2.45, 2.75) is 0 Å². The standard InChI is InChI=1S/C18H13N5O/c19-16-15-18(22-17(21-16)13-9-5-2-6-10-13)20-14(11-23(15)24)12-7-3-1-4-8-12/h1-11H,(H2,19,20,21,22). The topological polar surface area (TPSA) is 91.6 Å². The van der Waals surface area contributed by atoms with E-state index in [1.54, 1.807) is 0 Å². The van der Waals surface area contributed by atoms with E-state index < -0.39 is 0 Å². The maximum Gasteiger partial charge on any atom is 0.304 e. The summed E-state index contributed by atoms with van der Waals surface area (Å²) in [4.78, 5) is 13.2. The zero-order chi connectivity index (χ0) is 16.5. The molecule has 0 fully saturated rings. The van der Waals surface area contributed by atoms with Gasteiger partial charge in [0.1, 0.15) is 5.69 Å². The van der Waals surface area contributed by atoms with Crippen molar-refractivity contribution >= 4 is 17.0 Å². The molecule has 0 unspecified atom stereocenters. The van der Waals surface area contributed by atoms with Crippen LogP contribution in [0, 0.1) is 5.21 Å². The first-order valence-corrected chi connectivity index (χ1v) is 7.40. The van der Waals surface area contributed by atoms with Gasteiger partial charge in [0, 0.05) is 11.1 Å². The van der Waals surface area contributed by atoms with Crippen molar-refractivity contribution in [1.29, 1.82) is 0 Å². The molecule has 0 aliphatic heterocycles. The predicted molar refractivity (Wildman–Crippen MR) is 91.6 cm³/mol. The summed E-state index contributed by atoms with van der Waals surface area (Å²) in [5, 5.41) is 12.4. The fourth-order valence-electron chi connectivity index (χ4n) is 2.53. The molecule has 0 radical (unpaired) electrons. The molecule has 2 aromatic carbocycles. The Labute approximate surface area is 137 Å². The first-order chi connectivity index (χ1) is 11.7. The highest BCUT2D eigenvalue weighted by molar-refractivity contribution is 5.81. The molecule has 2 heterocycles. The summed E-state index contributed by atoms with van der Waals surface area (Å²) in [5.74, 6) is 0.555.